The number of benzene rings is 2. The molecular formula is C15H11N3O2. The second-order valence-electron chi connectivity index (χ2n) is 4.31. The van der Waals surface area contributed by atoms with Crippen LogP contribution in [0.4, 0.5) is 17.2 Å². The number of rotatable bonds is 3. The number of nitrogens with one attached hydrogen (secondary N) is 1. The predicted molar refractivity (Wildman–Crippen MR) is 78.1 cm³/mol. The first-order chi connectivity index (χ1) is 9.74. The summed E-state index contributed by atoms with van der Waals surface area (Å²) in [5.74, 6) is 0.609. The smallest absolute Gasteiger partial charge is 0.270 e. The number of anilines is 2. The zero-order chi connectivity index (χ0) is 13.9. The molecule has 0 fully saturated rings. The van der Waals surface area contributed by atoms with Gasteiger partial charge in [0.15, 0.2) is 0 Å². The minimum absolute atomic E-state index is 0.0570. The van der Waals surface area contributed by atoms with Crippen molar-refractivity contribution >= 4 is 28.0 Å². The highest BCUT2D eigenvalue weighted by Gasteiger charge is 2.09. The van der Waals surface area contributed by atoms with Gasteiger partial charge in [0.2, 0.25) is 0 Å². The molecule has 5 nitrogen and oxygen atoms in total. The number of nitro groups is 1. The molecule has 2 aromatic carbocycles. The molecule has 0 aliphatic heterocycles. The highest BCUT2D eigenvalue weighted by atomic mass is 16.6. The second kappa shape index (κ2) is 4.97. The minimum atomic E-state index is -0.404. The van der Waals surface area contributed by atoms with Crippen molar-refractivity contribution in [2.24, 2.45) is 0 Å². The summed E-state index contributed by atoms with van der Waals surface area (Å²) >= 11 is 0. The fourth-order valence-corrected chi connectivity index (χ4v) is 2.03. The topological polar surface area (TPSA) is 68.1 Å². The van der Waals surface area contributed by atoms with Crippen molar-refractivity contribution in [1.82, 2.24) is 4.98 Å². The molecule has 0 saturated heterocycles. The molecule has 1 aromatic heterocycles. The maximum atomic E-state index is 10.9. The van der Waals surface area contributed by atoms with Crippen LogP contribution >= 0.6 is 0 Å². The molecule has 0 unspecified atom stereocenters. The summed E-state index contributed by atoms with van der Waals surface area (Å²) in [4.78, 5) is 14.7. The van der Waals surface area contributed by atoms with Gasteiger partial charge in [0.25, 0.3) is 5.69 Å². The van der Waals surface area contributed by atoms with Gasteiger partial charge in [0.1, 0.15) is 5.82 Å². The third-order valence-corrected chi connectivity index (χ3v) is 3.00. The second-order valence-corrected chi connectivity index (χ2v) is 4.31. The maximum absolute atomic E-state index is 10.9. The van der Waals surface area contributed by atoms with E-state index in [0.29, 0.717) is 5.82 Å². The fourth-order valence-electron chi connectivity index (χ4n) is 2.03. The largest absolute Gasteiger partial charge is 0.340 e. The zero-order valence-corrected chi connectivity index (χ0v) is 10.5. The number of aromatic nitrogens is 1. The van der Waals surface area contributed by atoms with Crippen LogP contribution in [0.3, 0.4) is 0 Å². The molecule has 5 heteroatoms. The summed E-state index contributed by atoms with van der Waals surface area (Å²) in [7, 11) is 0. The van der Waals surface area contributed by atoms with Crippen molar-refractivity contribution in [3.8, 4) is 0 Å². The van der Waals surface area contributed by atoms with E-state index in [1.54, 1.807) is 12.3 Å². The lowest BCUT2D eigenvalue weighted by Crippen LogP contribution is -1.95. The molecular weight excluding hydrogens is 254 g/mol. The Labute approximate surface area is 115 Å². The number of fused-ring (bicyclic) bond motifs is 1. The van der Waals surface area contributed by atoms with Crippen LogP contribution in [0.5, 0.6) is 0 Å². The summed E-state index contributed by atoms with van der Waals surface area (Å²) in [5.41, 5.74) is 0.945. The SMILES string of the molecule is O=[N+]([O-])c1ccc2ccnc(Nc3ccccc3)c2c1. The molecule has 0 amide bonds. The molecule has 3 aromatic rings. The number of non-ortho nitro benzene ring substituents is 1. The van der Waals surface area contributed by atoms with Gasteiger partial charge in [0, 0.05) is 29.4 Å². The first kappa shape index (κ1) is 12.1. The summed E-state index contributed by atoms with van der Waals surface area (Å²) in [6.45, 7) is 0. The highest BCUT2D eigenvalue weighted by molar-refractivity contribution is 5.94. The van der Waals surface area contributed by atoms with E-state index < -0.39 is 4.92 Å². The van der Waals surface area contributed by atoms with Gasteiger partial charge in [-0.25, -0.2) is 4.98 Å². The van der Waals surface area contributed by atoms with Crippen molar-refractivity contribution in [3.05, 3.63) is 70.9 Å². The molecule has 0 atom stereocenters. The summed E-state index contributed by atoms with van der Waals surface area (Å²) in [6, 6.07) is 16.2. The molecule has 0 aliphatic carbocycles. The van der Waals surface area contributed by atoms with Crippen LogP contribution in [0.2, 0.25) is 0 Å². The number of nitro benzene ring substituents is 1. The van der Waals surface area contributed by atoms with Gasteiger partial charge in [-0.15, -0.1) is 0 Å². The average Bonchev–Trinajstić information content (AvgIpc) is 2.48. The van der Waals surface area contributed by atoms with E-state index in [-0.39, 0.29) is 5.69 Å². The van der Waals surface area contributed by atoms with Gasteiger partial charge in [-0.3, -0.25) is 10.1 Å². The maximum Gasteiger partial charge on any atom is 0.270 e. The Bertz CT molecular complexity index is 772. The molecule has 98 valence electrons. The van der Waals surface area contributed by atoms with Crippen molar-refractivity contribution in [2.45, 2.75) is 0 Å². The van der Waals surface area contributed by atoms with Gasteiger partial charge in [-0.2, -0.15) is 0 Å². The number of hydrogen-bond acceptors (Lipinski definition) is 4. The van der Waals surface area contributed by atoms with E-state index in [4.69, 9.17) is 0 Å². The normalized spacial score (nSPS) is 10.4. The molecule has 0 radical (unpaired) electrons. The Hall–Kier alpha value is -2.95. The number of nitrogens with zero attached hydrogens (tertiary/aromatic N) is 2. The lowest BCUT2D eigenvalue weighted by Gasteiger charge is -2.08. The predicted octanol–water partition coefficient (Wildman–Crippen LogP) is 3.89. The lowest BCUT2D eigenvalue weighted by atomic mass is 10.1. The molecule has 0 bridgehead atoms. The van der Waals surface area contributed by atoms with Crippen LogP contribution in [0.1, 0.15) is 0 Å². The summed E-state index contributed by atoms with van der Waals surface area (Å²) in [6.07, 6.45) is 1.68. The summed E-state index contributed by atoms with van der Waals surface area (Å²) in [5, 5.41) is 15.7. The zero-order valence-electron chi connectivity index (χ0n) is 10.5. The van der Waals surface area contributed by atoms with E-state index in [1.165, 1.54) is 12.1 Å². The van der Waals surface area contributed by atoms with E-state index in [9.17, 15) is 10.1 Å². The van der Waals surface area contributed by atoms with Crippen LogP contribution < -0.4 is 5.32 Å². The van der Waals surface area contributed by atoms with Gasteiger partial charge in [0.05, 0.1) is 4.92 Å². The van der Waals surface area contributed by atoms with E-state index in [0.717, 1.165) is 16.5 Å². The monoisotopic (exact) mass is 265 g/mol. The van der Waals surface area contributed by atoms with Crippen LogP contribution in [0.25, 0.3) is 10.8 Å². The number of pyridine rings is 1. The van der Waals surface area contributed by atoms with Crippen molar-refractivity contribution in [1.29, 1.82) is 0 Å². The molecule has 20 heavy (non-hydrogen) atoms. The molecule has 3 rings (SSSR count). The van der Waals surface area contributed by atoms with Crippen LogP contribution in [-0.2, 0) is 0 Å². The quantitative estimate of drug-likeness (QED) is 0.576. The number of para-hydroxylation sites is 1. The van der Waals surface area contributed by atoms with Gasteiger partial charge in [-0.1, -0.05) is 18.2 Å². The Morgan fingerprint density at radius 3 is 2.60 bits per heavy atom. The first-order valence-corrected chi connectivity index (χ1v) is 6.09. The van der Waals surface area contributed by atoms with Crippen LogP contribution in [-0.4, -0.2) is 9.91 Å². The Kier molecular flexibility index (Phi) is 3.01. The Morgan fingerprint density at radius 2 is 1.85 bits per heavy atom. The van der Waals surface area contributed by atoms with Gasteiger partial charge >= 0.3 is 0 Å². The summed E-state index contributed by atoms with van der Waals surface area (Å²) < 4.78 is 0. The number of hydrogen-bond donors (Lipinski definition) is 1. The molecule has 0 saturated carbocycles. The Morgan fingerprint density at radius 1 is 1.05 bits per heavy atom. The van der Waals surface area contributed by atoms with Crippen molar-refractivity contribution in [2.75, 3.05) is 5.32 Å². The molecule has 0 aliphatic rings. The molecule has 1 N–H and O–H groups in total. The Balaban J connectivity index is 2.10. The third kappa shape index (κ3) is 2.29. The van der Waals surface area contributed by atoms with E-state index in [1.807, 2.05) is 36.4 Å². The fraction of sp³-hybridized carbons (Fsp3) is 0. The van der Waals surface area contributed by atoms with E-state index >= 15 is 0 Å². The van der Waals surface area contributed by atoms with Gasteiger partial charge < -0.3 is 5.32 Å². The lowest BCUT2D eigenvalue weighted by molar-refractivity contribution is -0.384. The third-order valence-electron chi connectivity index (χ3n) is 3.00. The minimum Gasteiger partial charge on any atom is -0.340 e. The first-order valence-electron chi connectivity index (χ1n) is 6.09. The van der Waals surface area contributed by atoms with Crippen molar-refractivity contribution in [3.63, 3.8) is 0 Å². The van der Waals surface area contributed by atoms with Crippen LogP contribution in [0.15, 0.2) is 60.8 Å². The molecule has 1 heterocycles. The average molecular weight is 265 g/mol. The van der Waals surface area contributed by atoms with Crippen molar-refractivity contribution < 1.29 is 4.92 Å². The highest BCUT2D eigenvalue weighted by Crippen LogP contribution is 2.27. The van der Waals surface area contributed by atoms with E-state index in [2.05, 4.69) is 10.3 Å². The standard InChI is InChI=1S/C15H11N3O2/c19-18(20)13-7-6-11-8-9-16-15(14(11)10-13)17-12-4-2-1-3-5-12/h1-10H,(H,16,17). The molecule has 0 spiro atoms. The van der Waals surface area contributed by atoms with Gasteiger partial charge in [-0.05, 0) is 29.7 Å². The van der Waals surface area contributed by atoms with Crippen LogP contribution in [0, 0.1) is 10.1 Å².